The Labute approximate surface area is 345 Å². The maximum Gasteiger partial charge on any atom is 0.148 e. The third-order valence-electron chi connectivity index (χ3n) is 9.83. The summed E-state index contributed by atoms with van der Waals surface area (Å²) in [5.74, 6) is -0.185. The Bertz CT molecular complexity index is 2900. The van der Waals surface area contributed by atoms with E-state index in [0.29, 0.717) is 39.3 Å². The number of phenolic OH excluding ortho intramolecular Hbond substituents is 1. The molecule has 276 valence electrons. The van der Waals surface area contributed by atoms with E-state index in [2.05, 4.69) is 61.7 Å². The number of imidazole rings is 1. The average molecular weight is 903 g/mol. The number of hydrogen-bond acceptors (Lipinski definition) is 3. The van der Waals surface area contributed by atoms with Gasteiger partial charge in [-0.3, -0.25) is 9.55 Å². The van der Waals surface area contributed by atoms with Crippen LogP contribution >= 0.6 is 0 Å². The monoisotopic (exact) mass is 902 g/mol. The Kier molecular flexibility index (Phi) is 8.82. The minimum Gasteiger partial charge on any atom is -0.507 e. The molecule has 0 aliphatic heterocycles. The van der Waals surface area contributed by atoms with Gasteiger partial charge in [-0.25, -0.2) is 4.98 Å². The van der Waals surface area contributed by atoms with E-state index >= 15 is 0 Å². The summed E-state index contributed by atoms with van der Waals surface area (Å²) in [6, 6.07) is 40.6. The van der Waals surface area contributed by atoms with Crippen molar-refractivity contribution < 1.29 is 33.0 Å². The first kappa shape index (κ1) is 31.7. The van der Waals surface area contributed by atoms with Gasteiger partial charge >= 0.3 is 0 Å². The first-order valence-corrected chi connectivity index (χ1v) is 18.1. The molecule has 6 aromatic carbocycles. The molecular formula is C50H44N3OPt-. The molecule has 0 unspecified atom stereocenters. The van der Waals surface area contributed by atoms with Gasteiger partial charge in [-0.15, -0.1) is 29.3 Å². The standard InChI is InChI=1S/C50H44N3O.Pt/c1-32(2)36-23-24-45(43(30-36)35-13-8-7-9-14-35)53-46-17-12-16-41(48(46)52-49(53)42-15-10-11-18-47(42)54)38-27-39(29-40(28-38)50(4,5)6)44-31-37(25-26-51-44)34-21-19-33(3)20-22-34;/h7-26,28-32,54H,1-6H3;/q-1;/i19D,20D,21D,22D,32D;. The molecular weight excluding hydrogens is 854 g/mol. The smallest absolute Gasteiger partial charge is 0.148 e. The topological polar surface area (TPSA) is 50.9 Å². The molecule has 0 spiro atoms. The number of para-hydroxylation sites is 2. The van der Waals surface area contributed by atoms with E-state index in [0.717, 1.165) is 44.6 Å². The molecule has 55 heavy (non-hydrogen) atoms. The third-order valence-corrected chi connectivity index (χ3v) is 9.83. The van der Waals surface area contributed by atoms with E-state index in [-0.39, 0.29) is 62.0 Å². The SMILES string of the molecule is [2H]c1c([2H])c(-c2ccnc(-c3[c-]c(-c4cccc5c4nc(-c4ccccc4O)n5-c4ccc(C([2H])(C)C)cc4-c4ccccc4)cc(C(C)(C)C)c3)c2)c([2H])c([2H])c1C.[Pt]. The van der Waals surface area contributed by atoms with E-state index in [1.54, 1.807) is 37.4 Å². The quantitative estimate of drug-likeness (QED) is 0.162. The fraction of sp³-hybridized carbons (Fsp3) is 0.160. The van der Waals surface area contributed by atoms with Gasteiger partial charge in [-0.2, -0.15) is 0 Å². The van der Waals surface area contributed by atoms with E-state index in [1.165, 1.54) is 0 Å². The number of nitrogens with zero attached hydrogens (tertiary/aromatic N) is 3. The number of pyridine rings is 1. The average Bonchev–Trinajstić information content (AvgIpc) is 3.61. The summed E-state index contributed by atoms with van der Waals surface area (Å²) in [6.45, 7) is 11.8. The molecule has 8 rings (SSSR count). The van der Waals surface area contributed by atoms with Gasteiger partial charge in [0.05, 0.1) is 27.8 Å². The summed E-state index contributed by atoms with van der Waals surface area (Å²) < 4.78 is 45.4. The van der Waals surface area contributed by atoms with Crippen LogP contribution < -0.4 is 0 Å². The molecule has 4 nitrogen and oxygen atoms in total. The van der Waals surface area contributed by atoms with Crippen LogP contribution in [0.5, 0.6) is 5.75 Å². The summed E-state index contributed by atoms with van der Waals surface area (Å²) in [4.78, 5) is 10.1. The Hall–Kier alpha value is -5.57. The van der Waals surface area contributed by atoms with Crippen LogP contribution in [0.25, 0.3) is 72.7 Å². The third kappa shape index (κ3) is 7.44. The van der Waals surface area contributed by atoms with Crippen molar-refractivity contribution in [1.29, 1.82) is 0 Å². The molecule has 0 bridgehead atoms. The van der Waals surface area contributed by atoms with Gasteiger partial charge in [-0.1, -0.05) is 142 Å². The zero-order valence-electron chi connectivity index (χ0n) is 36.7. The Morgan fingerprint density at radius 3 is 2.16 bits per heavy atom. The summed E-state index contributed by atoms with van der Waals surface area (Å²) >= 11 is 0. The van der Waals surface area contributed by atoms with E-state index in [4.69, 9.17) is 16.8 Å². The predicted molar refractivity (Wildman–Crippen MR) is 224 cm³/mol. The molecule has 2 aromatic heterocycles. The molecule has 0 saturated carbocycles. The number of aromatic hydroxyl groups is 1. The summed E-state index contributed by atoms with van der Waals surface area (Å²) in [6.07, 6.45) is 1.63. The van der Waals surface area contributed by atoms with Gasteiger partial charge < -0.3 is 5.11 Å². The molecule has 0 amide bonds. The van der Waals surface area contributed by atoms with Crippen LogP contribution in [0.15, 0.2) is 146 Å². The van der Waals surface area contributed by atoms with Gasteiger partial charge in [0.1, 0.15) is 11.6 Å². The number of rotatable bonds is 7. The van der Waals surface area contributed by atoms with Crippen molar-refractivity contribution in [1.82, 2.24) is 14.5 Å². The number of benzene rings is 6. The van der Waals surface area contributed by atoms with Crippen LogP contribution in [0.4, 0.5) is 0 Å². The maximum absolute atomic E-state index is 11.3. The minimum absolute atomic E-state index is 0. The molecule has 1 N–H and O–H groups in total. The molecule has 0 atom stereocenters. The normalized spacial score (nSPS) is 13.0. The molecule has 0 aliphatic rings. The second kappa shape index (κ2) is 15.3. The summed E-state index contributed by atoms with van der Waals surface area (Å²) in [5, 5.41) is 11.3. The Morgan fingerprint density at radius 1 is 0.727 bits per heavy atom. The van der Waals surface area contributed by atoms with Gasteiger partial charge in [0, 0.05) is 39.9 Å². The number of fused-ring (bicyclic) bond motifs is 1. The first-order valence-electron chi connectivity index (χ1n) is 20.6. The van der Waals surface area contributed by atoms with Gasteiger partial charge in [0.2, 0.25) is 0 Å². The van der Waals surface area contributed by atoms with Gasteiger partial charge in [0.15, 0.2) is 0 Å². The fourth-order valence-corrected chi connectivity index (χ4v) is 6.83. The second-order valence-corrected chi connectivity index (χ2v) is 14.9. The van der Waals surface area contributed by atoms with Crippen LogP contribution in [-0.4, -0.2) is 19.6 Å². The molecule has 5 heteroatoms. The second-order valence-electron chi connectivity index (χ2n) is 14.9. The molecule has 0 saturated heterocycles. The molecule has 0 fully saturated rings. The van der Waals surface area contributed by atoms with Crippen molar-refractivity contribution in [3.05, 3.63) is 168 Å². The van der Waals surface area contributed by atoms with Crippen LogP contribution in [0, 0.1) is 13.0 Å². The number of hydrogen-bond donors (Lipinski definition) is 1. The van der Waals surface area contributed by atoms with Crippen LogP contribution in [0.3, 0.4) is 0 Å². The van der Waals surface area contributed by atoms with Crippen LogP contribution in [-0.2, 0) is 26.5 Å². The summed E-state index contributed by atoms with van der Waals surface area (Å²) in [5.41, 5.74) is 10.4. The van der Waals surface area contributed by atoms with Crippen LogP contribution in [0.1, 0.15) is 64.1 Å². The zero-order chi connectivity index (χ0) is 42.0. The van der Waals surface area contributed by atoms with Crippen molar-refractivity contribution in [3.8, 4) is 67.5 Å². The first-order chi connectivity index (χ1) is 28.0. The van der Waals surface area contributed by atoms with Crippen molar-refractivity contribution in [2.45, 2.75) is 52.9 Å². The zero-order valence-corrected chi connectivity index (χ0v) is 33.9. The molecule has 2 heterocycles. The fourth-order valence-electron chi connectivity index (χ4n) is 6.83. The van der Waals surface area contributed by atoms with E-state index < -0.39 is 5.89 Å². The van der Waals surface area contributed by atoms with Gasteiger partial charge in [-0.05, 0) is 76.9 Å². The maximum atomic E-state index is 11.3. The number of phenols is 1. The molecule has 0 aliphatic carbocycles. The van der Waals surface area contributed by atoms with Crippen molar-refractivity contribution in [3.63, 3.8) is 0 Å². The van der Waals surface area contributed by atoms with E-state index in [9.17, 15) is 5.11 Å². The van der Waals surface area contributed by atoms with Crippen molar-refractivity contribution >= 4 is 11.0 Å². The van der Waals surface area contributed by atoms with E-state index in [1.807, 2.05) is 74.5 Å². The number of aromatic nitrogens is 3. The Morgan fingerprint density at radius 2 is 1.44 bits per heavy atom. The summed E-state index contributed by atoms with van der Waals surface area (Å²) in [7, 11) is 0. The van der Waals surface area contributed by atoms with Crippen molar-refractivity contribution in [2.75, 3.05) is 0 Å². The largest absolute Gasteiger partial charge is 0.507 e. The Balaban J connectivity index is 0.00000544. The van der Waals surface area contributed by atoms with Crippen LogP contribution in [0.2, 0.25) is 0 Å². The minimum atomic E-state index is -0.838. The van der Waals surface area contributed by atoms with Crippen molar-refractivity contribution in [2.24, 2.45) is 0 Å². The molecule has 0 radical (unpaired) electrons. The van der Waals surface area contributed by atoms with Gasteiger partial charge in [0.25, 0.3) is 0 Å². The predicted octanol–water partition coefficient (Wildman–Crippen LogP) is 13.0. The molecule has 8 aromatic rings.